The first-order valence-corrected chi connectivity index (χ1v) is 8.21. The molecule has 0 radical (unpaired) electrons. The van der Waals surface area contributed by atoms with Crippen molar-refractivity contribution in [2.75, 3.05) is 0 Å². The van der Waals surface area contributed by atoms with Gasteiger partial charge in [0.15, 0.2) is 0 Å². The molecule has 0 aliphatic heterocycles. The van der Waals surface area contributed by atoms with Gasteiger partial charge in [-0.25, -0.2) is 0 Å². The van der Waals surface area contributed by atoms with Crippen LogP contribution in [0.15, 0.2) is 29.4 Å². The van der Waals surface area contributed by atoms with Gasteiger partial charge in [-0.1, -0.05) is 50.5 Å². The summed E-state index contributed by atoms with van der Waals surface area (Å²) in [5.41, 5.74) is 4.57. The molecule has 0 saturated heterocycles. The summed E-state index contributed by atoms with van der Waals surface area (Å²) < 4.78 is 0. The molecule has 0 aromatic heterocycles. The SMILES string of the molecule is C/C=C\C=C/C(C)C/C(C)=N/NC(C)C1CCCCC1. The maximum Gasteiger partial charge on any atom is 0.0440 e. The summed E-state index contributed by atoms with van der Waals surface area (Å²) in [6.45, 7) is 8.69. The summed E-state index contributed by atoms with van der Waals surface area (Å²) in [5.74, 6) is 1.36. The normalized spacial score (nSPS) is 21.5. The average molecular weight is 276 g/mol. The van der Waals surface area contributed by atoms with Crippen molar-refractivity contribution in [1.82, 2.24) is 5.43 Å². The zero-order valence-electron chi connectivity index (χ0n) is 13.7. The molecule has 0 aromatic rings. The molecule has 2 atom stereocenters. The number of hydrazone groups is 1. The van der Waals surface area contributed by atoms with Gasteiger partial charge in [-0.15, -0.1) is 0 Å². The van der Waals surface area contributed by atoms with E-state index in [0.29, 0.717) is 12.0 Å². The molecule has 114 valence electrons. The molecule has 1 rings (SSSR count). The van der Waals surface area contributed by atoms with Crippen LogP contribution in [0.5, 0.6) is 0 Å². The van der Waals surface area contributed by atoms with Crippen LogP contribution in [-0.4, -0.2) is 11.8 Å². The van der Waals surface area contributed by atoms with Crippen LogP contribution >= 0.6 is 0 Å². The van der Waals surface area contributed by atoms with Crippen LogP contribution in [0.25, 0.3) is 0 Å². The zero-order chi connectivity index (χ0) is 14.8. The molecule has 0 bridgehead atoms. The summed E-state index contributed by atoms with van der Waals surface area (Å²) in [4.78, 5) is 0. The predicted octanol–water partition coefficient (Wildman–Crippen LogP) is 5.08. The van der Waals surface area contributed by atoms with E-state index < -0.39 is 0 Å². The number of hydrogen-bond acceptors (Lipinski definition) is 2. The van der Waals surface area contributed by atoms with Gasteiger partial charge in [-0.2, -0.15) is 5.10 Å². The van der Waals surface area contributed by atoms with Crippen LogP contribution in [0.2, 0.25) is 0 Å². The van der Waals surface area contributed by atoms with Gasteiger partial charge in [-0.3, -0.25) is 0 Å². The molecule has 0 aromatic carbocycles. The van der Waals surface area contributed by atoms with E-state index in [-0.39, 0.29) is 0 Å². The van der Waals surface area contributed by atoms with Gasteiger partial charge in [0.2, 0.25) is 0 Å². The Labute approximate surface area is 125 Å². The van der Waals surface area contributed by atoms with E-state index in [9.17, 15) is 0 Å². The van der Waals surface area contributed by atoms with Crippen molar-refractivity contribution < 1.29 is 0 Å². The Bertz CT molecular complexity index is 335. The van der Waals surface area contributed by atoms with E-state index in [2.05, 4.69) is 55.6 Å². The van der Waals surface area contributed by atoms with E-state index in [1.165, 1.54) is 37.8 Å². The van der Waals surface area contributed by atoms with E-state index in [1.54, 1.807) is 0 Å². The number of allylic oxidation sites excluding steroid dienone is 4. The van der Waals surface area contributed by atoms with Gasteiger partial charge < -0.3 is 5.43 Å². The molecule has 0 amide bonds. The first-order valence-electron chi connectivity index (χ1n) is 8.21. The van der Waals surface area contributed by atoms with Crippen molar-refractivity contribution in [2.45, 2.75) is 72.3 Å². The van der Waals surface area contributed by atoms with Crippen molar-refractivity contribution >= 4 is 5.71 Å². The standard InChI is InChI=1S/C18H32N2/c1-5-6-8-11-15(2)14-16(3)19-20-17(4)18-12-9-7-10-13-18/h5-6,8,11,15,17-18,20H,7,9-10,12-14H2,1-4H3/b6-5-,11-8-,19-16+. The molecule has 2 heteroatoms. The van der Waals surface area contributed by atoms with Crippen LogP contribution in [0, 0.1) is 11.8 Å². The lowest BCUT2D eigenvalue weighted by Gasteiger charge is -2.27. The maximum absolute atomic E-state index is 4.58. The number of hydrogen-bond donors (Lipinski definition) is 1. The molecule has 0 heterocycles. The highest BCUT2D eigenvalue weighted by atomic mass is 15.3. The van der Waals surface area contributed by atoms with Crippen molar-refractivity contribution in [3.05, 3.63) is 24.3 Å². The van der Waals surface area contributed by atoms with E-state index in [1.807, 2.05) is 6.92 Å². The molecule has 0 spiro atoms. The second-order valence-corrected chi connectivity index (χ2v) is 6.26. The molecular formula is C18H32N2. The Morgan fingerprint density at radius 1 is 1.20 bits per heavy atom. The molecule has 1 fully saturated rings. The lowest BCUT2D eigenvalue weighted by Crippen LogP contribution is -2.32. The second kappa shape index (κ2) is 9.79. The Hall–Kier alpha value is -1.05. The number of rotatable bonds is 7. The summed E-state index contributed by atoms with van der Waals surface area (Å²) >= 11 is 0. The summed E-state index contributed by atoms with van der Waals surface area (Å²) in [5, 5.41) is 4.58. The van der Waals surface area contributed by atoms with E-state index >= 15 is 0 Å². The largest absolute Gasteiger partial charge is 0.307 e. The van der Waals surface area contributed by atoms with Gasteiger partial charge in [0, 0.05) is 11.8 Å². The molecule has 20 heavy (non-hydrogen) atoms. The third-order valence-corrected chi connectivity index (χ3v) is 4.18. The highest BCUT2D eigenvalue weighted by Crippen LogP contribution is 2.26. The Balaban J connectivity index is 2.32. The highest BCUT2D eigenvalue weighted by molar-refractivity contribution is 5.82. The smallest absolute Gasteiger partial charge is 0.0440 e. The summed E-state index contributed by atoms with van der Waals surface area (Å²) in [7, 11) is 0. The Morgan fingerprint density at radius 2 is 1.90 bits per heavy atom. The maximum atomic E-state index is 4.58. The second-order valence-electron chi connectivity index (χ2n) is 6.26. The van der Waals surface area contributed by atoms with Crippen LogP contribution in [-0.2, 0) is 0 Å². The van der Waals surface area contributed by atoms with Crippen LogP contribution in [0.3, 0.4) is 0 Å². The highest BCUT2D eigenvalue weighted by Gasteiger charge is 2.19. The predicted molar refractivity (Wildman–Crippen MR) is 90.0 cm³/mol. The first-order chi connectivity index (χ1) is 9.63. The topological polar surface area (TPSA) is 24.4 Å². The van der Waals surface area contributed by atoms with Crippen LogP contribution < -0.4 is 5.43 Å². The molecule has 2 unspecified atom stereocenters. The molecule has 2 nitrogen and oxygen atoms in total. The van der Waals surface area contributed by atoms with E-state index in [0.717, 1.165) is 12.3 Å². The zero-order valence-corrected chi connectivity index (χ0v) is 13.7. The number of nitrogens with zero attached hydrogens (tertiary/aromatic N) is 1. The quantitative estimate of drug-likeness (QED) is 0.391. The monoisotopic (exact) mass is 276 g/mol. The minimum atomic E-state index is 0.513. The van der Waals surface area contributed by atoms with Gasteiger partial charge in [0.05, 0.1) is 0 Å². The molecule has 1 aliphatic rings. The number of nitrogens with one attached hydrogen (secondary N) is 1. The third-order valence-electron chi connectivity index (χ3n) is 4.18. The Kier molecular flexibility index (Phi) is 8.32. The lowest BCUT2D eigenvalue weighted by atomic mass is 9.85. The lowest BCUT2D eigenvalue weighted by molar-refractivity contribution is 0.284. The van der Waals surface area contributed by atoms with Crippen molar-refractivity contribution in [2.24, 2.45) is 16.9 Å². The van der Waals surface area contributed by atoms with Gasteiger partial charge >= 0.3 is 0 Å². The van der Waals surface area contributed by atoms with Crippen molar-refractivity contribution in [3.63, 3.8) is 0 Å². The van der Waals surface area contributed by atoms with Gasteiger partial charge in [0.25, 0.3) is 0 Å². The van der Waals surface area contributed by atoms with E-state index in [4.69, 9.17) is 0 Å². The van der Waals surface area contributed by atoms with Gasteiger partial charge in [0.1, 0.15) is 0 Å². The Morgan fingerprint density at radius 3 is 2.55 bits per heavy atom. The minimum Gasteiger partial charge on any atom is -0.307 e. The van der Waals surface area contributed by atoms with Crippen LogP contribution in [0.4, 0.5) is 0 Å². The van der Waals surface area contributed by atoms with Crippen molar-refractivity contribution in [1.29, 1.82) is 0 Å². The fourth-order valence-electron chi connectivity index (χ4n) is 2.90. The fraction of sp³-hybridized carbons (Fsp3) is 0.722. The molecule has 1 saturated carbocycles. The van der Waals surface area contributed by atoms with Crippen LogP contribution in [0.1, 0.15) is 66.2 Å². The fourth-order valence-corrected chi connectivity index (χ4v) is 2.90. The first kappa shape index (κ1) is 17.0. The minimum absolute atomic E-state index is 0.513. The molecule has 1 N–H and O–H groups in total. The third kappa shape index (κ3) is 6.93. The van der Waals surface area contributed by atoms with Crippen molar-refractivity contribution in [3.8, 4) is 0 Å². The summed E-state index contributed by atoms with van der Waals surface area (Å²) in [6, 6.07) is 0.513. The van der Waals surface area contributed by atoms with Gasteiger partial charge in [-0.05, 0) is 51.9 Å². The molecular weight excluding hydrogens is 244 g/mol. The summed E-state index contributed by atoms with van der Waals surface area (Å²) in [6.07, 6.45) is 16.5. The average Bonchev–Trinajstić information content (AvgIpc) is 2.46. The molecule has 1 aliphatic carbocycles.